The Bertz CT molecular complexity index is 858. The van der Waals surface area contributed by atoms with Gasteiger partial charge in [-0.25, -0.2) is 4.98 Å². The number of fused-ring (bicyclic) bond motifs is 1. The Hall–Kier alpha value is -2.14. The Morgan fingerprint density at radius 2 is 2.10 bits per heavy atom. The number of benzene rings is 2. The Morgan fingerprint density at radius 1 is 1.24 bits per heavy atom. The van der Waals surface area contributed by atoms with E-state index in [2.05, 4.69) is 20.9 Å². The fourth-order valence-electron chi connectivity index (χ4n) is 2.21. The summed E-state index contributed by atoms with van der Waals surface area (Å²) in [6.07, 6.45) is 1.58. The van der Waals surface area contributed by atoms with Crippen molar-refractivity contribution in [1.82, 2.24) is 9.55 Å². The quantitative estimate of drug-likeness (QED) is 0.732. The van der Waals surface area contributed by atoms with E-state index in [4.69, 9.17) is 4.74 Å². The van der Waals surface area contributed by atoms with Crippen molar-refractivity contribution in [2.45, 2.75) is 6.54 Å². The van der Waals surface area contributed by atoms with Crippen LogP contribution in [0.15, 0.2) is 58.1 Å². The second-order valence-electron chi connectivity index (χ2n) is 4.69. The lowest BCUT2D eigenvalue weighted by Crippen LogP contribution is -2.21. The molecule has 0 atom stereocenters. The summed E-state index contributed by atoms with van der Waals surface area (Å²) >= 11 is 3.38. The molecule has 0 fully saturated rings. The molecule has 4 nitrogen and oxygen atoms in total. The van der Waals surface area contributed by atoms with Gasteiger partial charge in [-0.3, -0.25) is 9.36 Å². The SMILES string of the molecule is COc1cccc(Cn2cnc3ccc(Br)cc3c2=O)c1. The molecule has 0 spiro atoms. The van der Waals surface area contributed by atoms with Crippen molar-refractivity contribution in [3.8, 4) is 5.75 Å². The monoisotopic (exact) mass is 344 g/mol. The molecule has 0 saturated heterocycles. The highest BCUT2D eigenvalue weighted by atomic mass is 79.9. The van der Waals surface area contributed by atoms with E-state index in [1.54, 1.807) is 24.1 Å². The number of ether oxygens (including phenoxy) is 1. The predicted molar refractivity (Wildman–Crippen MR) is 85.8 cm³/mol. The molecule has 0 aliphatic rings. The summed E-state index contributed by atoms with van der Waals surface area (Å²) < 4.78 is 7.67. The zero-order valence-corrected chi connectivity index (χ0v) is 13.0. The Labute approximate surface area is 130 Å². The van der Waals surface area contributed by atoms with Gasteiger partial charge < -0.3 is 4.74 Å². The average Bonchev–Trinajstić information content (AvgIpc) is 2.51. The van der Waals surface area contributed by atoms with Crippen molar-refractivity contribution >= 4 is 26.8 Å². The van der Waals surface area contributed by atoms with Gasteiger partial charge in [0.2, 0.25) is 0 Å². The summed E-state index contributed by atoms with van der Waals surface area (Å²) in [6, 6.07) is 13.2. The number of nitrogens with zero attached hydrogens (tertiary/aromatic N) is 2. The lowest BCUT2D eigenvalue weighted by atomic mass is 10.2. The molecule has 0 aliphatic carbocycles. The predicted octanol–water partition coefficient (Wildman–Crippen LogP) is 3.22. The Morgan fingerprint density at radius 3 is 2.90 bits per heavy atom. The molecule has 0 aliphatic heterocycles. The molecule has 2 aromatic carbocycles. The van der Waals surface area contributed by atoms with Crippen LogP contribution >= 0.6 is 15.9 Å². The maximum Gasteiger partial charge on any atom is 0.261 e. The molecule has 0 unspecified atom stereocenters. The van der Waals surface area contributed by atoms with Gasteiger partial charge in [-0.05, 0) is 35.9 Å². The first-order valence-corrected chi connectivity index (χ1v) is 7.24. The van der Waals surface area contributed by atoms with E-state index in [1.807, 2.05) is 36.4 Å². The standard InChI is InChI=1S/C16H13BrN2O2/c1-21-13-4-2-3-11(7-13)9-19-10-18-15-6-5-12(17)8-14(15)16(19)20/h2-8,10H,9H2,1H3. The molecule has 0 bridgehead atoms. The van der Waals surface area contributed by atoms with E-state index < -0.39 is 0 Å². The molecule has 21 heavy (non-hydrogen) atoms. The number of rotatable bonds is 3. The smallest absolute Gasteiger partial charge is 0.261 e. The zero-order chi connectivity index (χ0) is 14.8. The number of methoxy groups -OCH3 is 1. The summed E-state index contributed by atoms with van der Waals surface area (Å²) in [5.74, 6) is 0.775. The second kappa shape index (κ2) is 5.69. The van der Waals surface area contributed by atoms with Crippen LogP contribution < -0.4 is 10.3 Å². The lowest BCUT2D eigenvalue weighted by Gasteiger charge is -2.08. The van der Waals surface area contributed by atoms with E-state index in [9.17, 15) is 4.79 Å². The molecule has 5 heteroatoms. The maximum atomic E-state index is 12.5. The molecule has 1 heterocycles. The molecule has 0 N–H and O–H groups in total. The zero-order valence-electron chi connectivity index (χ0n) is 11.4. The van der Waals surface area contributed by atoms with Gasteiger partial charge in [-0.2, -0.15) is 0 Å². The summed E-state index contributed by atoms with van der Waals surface area (Å²) in [6.45, 7) is 0.464. The van der Waals surface area contributed by atoms with Crippen LogP contribution in [0.25, 0.3) is 10.9 Å². The van der Waals surface area contributed by atoms with Gasteiger partial charge in [0.25, 0.3) is 5.56 Å². The van der Waals surface area contributed by atoms with Crippen molar-refractivity contribution in [2.75, 3.05) is 7.11 Å². The first-order chi connectivity index (χ1) is 10.2. The summed E-state index contributed by atoms with van der Waals surface area (Å²) in [5, 5.41) is 0.606. The fraction of sp³-hybridized carbons (Fsp3) is 0.125. The van der Waals surface area contributed by atoms with Crippen LogP contribution in [0.5, 0.6) is 5.75 Å². The Balaban J connectivity index is 2.04. The van der Waals surface area contributed by atoms with Crippen LogP contribution in [-0.2, 0) is 6.54 Å². The van der Waals surface area contributed by atoms with Crippen LogP contribution in [0.1, 0.15) is 5.56 Å². The fourth-order valence-corrected chi connectivity index (χ4v) is 2.57. The highest BCUT2D eigenvalue weighted by Gasteiger charge is 2.06. The first kappa shape index (κ1) is 13.8. The summed E-state index contributed by atoms with van der Waals surface area (Å²) in [5.41, 5.74) is 1.64. The minimum Gasteiger partial charge on any atom is -0.497 e. The normalized spacial score (nSPS) is 10.8. The van der Waals surface area contributed by atoms with Crippen LogP contribution in [-0.4, -0.2) is 16.7 Å². The van der Waals surface area contributed by atoms with E-state index in [0.29, 0.717) is 17.4 Å². The van der Waals surface area contributed by atoms with Crippen molar-refractivity contribution in [1.29, 1.82) is 0 Å². The molecule has 0 amide bonds. The van der Waals surface area contributed by atoms with Gasteiger partial charge in [0.1, 0.15) is 5.75 Å². The molecule has 0 saturated carbocycles. The average molecular weight is 345 g/mol. The summed E-state index contributed by atoms with van der Waals surface area (Å²) in [7, 11) is 1.63. The molecule has 1 aromatic heterocycles. The van der Waals surface area contributed by atoms with Crippen molar-refractivity contribution < 1.29 is 4.74 Å². The number of hydrogen-bond acceptors (Lipinski definition) is 3. The van der Waals surface area contributed by atoms with Crippen LogP contribution in [0.4, 0.5) is 0 Å². The number of aromatic nitrogens is 2. The van der Waals surface area contributed by atoms with Gasteiger partial charge >= 0.3 is 0 Å². The van der Waals surface area contributed by atoms with Crippen molar-refractivity contribution in [3.63, 3.8) is 0 Å². The minimum absolute atomic E-state index is 0.0517. The maximum absolute atomic E-state index is 12.5. The molecule has 0 radical (unpaired) electrons. The molecular formula is C16H13BrN2O2. The highest BCUT2D eigenvalue weighted by molar-refractivity contribution is 9.10. The van der Waals surface area contributed by atoms with Crippen molar-refractivity contribution in [3.05, 3.63) is 69.2 Å². The van der Waals surface area contributed by atoms with Gasteiger partial charge in [0.05, 0.1) is 30.9 Å². The van der Waals surface area contributed by atoms with E-state index in [1.165, 1.54) is 0 Å². The van der Waals surface area contributed by atoms with Crippen LogP contribution in [0.3, 0.4) is 0 Å². The molecule has 3 rings (SSSR count). The van der Waals surface area contributed by atoms with Crippen LogP contribution in [0.2, 0.25) is 0 Å². The number of halogens is 1. The first-order valence-electron chi connectivity index (χ1n) is 6.45. The van der Waals surface area contributed by atoms with Crippen LogP contribution in [0, 0.1) is 0 Å². The highest BCUT2D eigenvalue weighted by Crippen LogP contribution is 2.16. The molecular weight excluding hydrogens is 332 g/mol. The van der Waals surface area contributed by atoms with Gasteiger partial charge in [0.15, 0.2) is 0 Å². The van der Waals surface area contributed by atoms with E-state index in [-0.39, 0.29) is 5.56 Å². The van der Waals surface area contributed by atoms with E-state index >= 15 is 0 Å². The molecule has 106 valence electrons. The van der Waals surface area contributed by atoms with Crippen molar-refractivity contribution in [2.24, 2.45) is 0 Å². The van der Waals surface area contributed by atoms with Gasteiger partial charge in [0, 0.05) is 4.47 Å². The topological polar surface area (TPSA) is 44.1 Å². The minimum atomic E-state index is -0.0517. The van der Waals surface area contributed by atoms with Gasteiger partial charge in [-0.1, -0.05) is 28.1 Å². The third-order valence-corrected chi connectivity index (χ3v) is 3.77. The lowest BCUT2D eigenvalue weighted by molar-refractivity contribution is 0.414. The number of hydrogen-bond donors (Lipinski definition) is 0. The second-order valence-corrected chi connectivity index (χ2v) is 5.61. The Kier molecular flexibility index (Phi) is 3.75. The third-order valence-electron chi connectivity index (χ3n) is 3.27. The summed E-state index contributed by atoms with van der Waals surface area (Å²) in [4.78, 5) is 16.8. The third kappa shape index (κ3) is 2.83. The molecule has 3 aromatic rings. The van der Waals surface area contributed by atoms with E-state index in [0.717, 1.165) is 15.8 Å². The van der Waals surface area contributed by atoms with Gasteiger partial charge in [-0.15, -0.1) is 0 Å². The largest absolute Gasteiger partial charge is 0.497 e.